The summed E-state index contributed by atoms with van der Waals surface area (Å²) in [4.78, 5) is 0.239. The molecule has 19 heavy (non-hydrogen) atoms. The molecule has 0 atom stereocenters. The van der Waals surface area contributed by atoms with E-state index in [-0.39, 0.29) is 4.90 Å². The smallest absolute Gasteiger partial charge is 0.246 e. The molecule has 0 unspecified atom stereocenters. The van der Waals surface area contributed by atoms with Gasteiger partial charge in [0.1, 0.15) is 10.6 Å². The molecule has 0 aliphatic heterocycles. The van der Waals surface area contributed by atoms with Gasteiger partial charge in [-0.1, -0.05) is 33.8 Å². The summed E-state index contributed by atoms with van der Waals surface area (Å²) in [5.41, 5.74) is 1.07. The van der Waals surface area contributed by atoms with E-state index in [0.29, 0.717) is 24.8 Å². The predicted molar refractivity (Wildman–Crippen MR) is 77.2 cm³/mol. The molecule has 4 nitrogen and oxygen atoms in total. The van der Waals surface area contributed by atoms with Gasteiger partial charge in [-0.15, -0.1) is 0 Å². The van der Waals surface area contributed by atoms with Gasteiger partial charge in [-0.25, -0.2) is 8.42 Å². The van der Waals surface area contributed by atoms with Crippen LogP contribution >= 0.6 is 0 Å². The quantitative estimate of drug-likeness (QED) is 0.807. The zero-order valence-corrected chi connectivity index (χ0v) is 13.1. The molecule has 0 spiro atoms. The fraction of sp³-hybridized carbons (Fsp3) is 0.571. The van der Waals surface area contributed by atoms with E-state index in [9.17, 15) is 8.42 Å². The number of methoxy groups -OCH3 is 1. The number of sulfonamides is 1. The van der Waals surface area contributed by atoms with Gasteiger partial charge in [0.2, 0.25) is 10.0 Å². The SMILES string of the molecule is CCN(CC)S(=O)(=O)c1ccc(C(C)C)cc1OC. The molecule has 0 bridgehead atoms. The molecular formula is C14H23NO3S. The number of benzene rings is 1. The first kappa shape index (κ1) is 16.0. The zero-order valence-electron chi connectivity index (χ0n) is 12.3. The Morgan fingerprint density at radius 2 is 1.79 bits per heavy atom. The third-order valence-corrected chi connectivity index (χ3v) is 5.27. The Morgan fingerprint density at radius 3 is 2.21 bits per heavy atom. The van der Waals surface area contributed by atoms with Crippen LogP contribution in [0.4, 0.5) is 0 Å². The van der Waals surface area contributed by atoms with Crippen LogP contribution < -0.4 is 4.74 Å². The lowest BCUT2D eigenvalue weighted by Crippen LogP contribution is -2.30. The van der Waals surface area contributed by atoms with E-state index in [2.05, 4.69) is 13.8 Å². The van der Waals surface area contributed by atoms with E-state index in [1.165, 1.54) is 11.4 Å². The number of hydrogen-bond donors (Lipinski definition) is 0. The highest BCUT2D eigenvalue weighted by Gasteiger charge is 2.25. The first-order chi connectivity index (χ1) is 8.88. The van der Waals surface area contributed by atoms with E-state index in [1.807, 2.05) is 19.9 Å². The van der Waals surface area contributed by atoms with Crippen LogP contribution in [0.3, 0.4) is 0 Å². The Hall–Kier alpha value is -1.07. The van der Waals surface area contributed by atoms with Crippen molar-refractivity contribution in [1.29, 1.82) is 0 Å². The number of nitrogens with zero attached hydrogens (tertiary/aromatic N) is 1. The van der Waals surface area contributed by atoms with Crippen molar-refractivity contribution in [2.75, 3.05) is 20.2 Å². The second-order valence-electron chi connectivity index (χ2n) is 4.65. The molecule has 0 fully saturated rings. The number of hydrogen-bond acceptors (Lipinski definition) is 3. The Bertz CT molecular complexity index is 519. The minimum absolute atomic E-state index is 0.239. The topological polar surface area (TPSA) is 46.6 Å². The van der Waals surface area contributed by atoms with E-state index >= 15 is 0 Å². The molecule has 1 aromatic carbocycles. The molecule has 0 heterocycles. The summed E-state index contributed by atoms with van der Waals surface area (Å²) >= 11 is 0. The molecule has 0 aliphatic carbocycles. The fourth-order valence-electron chi connectivity index (χ4n) is 1.96. The zero-order chi connectivity index (χ0) is 14.6. The third-order valence-electron chi connectivity index (χ3n) is 3.18. The first-order valence-electron chi connectivity index (χ1n) is 6.56. The second kappa shape index (κ2) is 6.39. The lowest BCUT2D eigenvalue weighted by atomic mass is 10.0. The average Bonchev–Trinajstić information content (AvgIpc) is 2.38. The minimum Gasteiger partial charge on any atom is -0.495 e. The highest BCUT2D eigenvalue weighted by molar-refractivity contribution is 7.89. The van der Waals surface area contributed by atoms with Crippen molar-refractivity contribution in [2.24, 2.45) is 0 Å². The maximum Gasteiger partial charge on any atom is 0.246 e. The molecule has 0 aliphatic rings. The van der Waals surface area contributed by atoms with Gasteiger partial charge in [-0.3, -0.25) is 0 Å². The lowest BCUT2D eigenvalue weighted by Gasteiger charge is -2.20. The van der Waals surface area contributed by atoms with Gasteiger partial charge >= 0.3 is 0 Å². The maximum absolute atomic E-state index is 12.5. The Kier molecular flexibility index (Phi) is 5.38. The van der Waals surface area contributed by atoms with Crippen molar-refractivity contribution >= 4 is 10.0 Å². The third kappa shape index (κ3) is 3.28. The largest absolute Gasteiger partial charge is 0.495 e. The van der Waals surface area contributed by atoms with E-state index in [1.54, 1.807) is 12.1 Å². The molecule has 0 radical (unpaired) electrons. The summed E-state index contributed by atoms with van der Waals surface area (Å²) in [6.07, 6.45) is 0. The number of ether oxygens (including phenoxy) is 1. The van der Waals surface area contributed by atoms with Crippen LogP contribution in [0.25, 0.3) is 0 Å². The fourth-order valence-corrected chi connectivity index (χ4v) is 3.55. The van der Waals surface area contributed by atoms with Gasteiger partial charge in [0.25, 0.3) is 0 Å². The van der Waals surface area contributed by atoms with E-state index < -0.39 is 10.0 Å². The summed E-state index contributed by atoms with van der Waals surface area (Å²) in [5, 5.41) is 0. The Balaban J connectivity index is 3.35. The van der Waals surface area contributed by atoms with Gasteiger partial charge < -0.3 is 4.74 Å². The maximum atomic E-state index is 12.5. The van der Waals surface area contributed by atoms with Crippen molar-refractivity contribution in [3.8, 4) is 5.75 Å². The molecule has 1 rings (SSSR count). The second-order valence-corrected chi connectivity index (χ2v) is 6.56. The lowest BCUT2D eigenvalue weighted by molar-refractivity contribution is 0.394. The highest BCUT2D eigenvalue weighted by Crippen LogP contribution is 2.30. The van der Waals surface area contributed by atoms with Gasteiger partial charge in [0.15, 0.2) is 0 Å². The standard InChI is InChI=1S/C14H23NO3S/c1-6-15(7-2)19(16,17)14-9-8-12(11(3)4)10-13(14)18-5/h8-11H,6-7H2,1-5H3. The van der Waals surface area contributed by atoms with Crippen molar-refractivity contribution in [2.45, 2.75) is 38.5 Å². The predicted octanol–water partition coefficient (Wildman–Crippen LogP) is 2.85. The average molecular weight is 285 g/mol. The summed E-state index contributed by atoms with van der Waals surface area (Å²) in [6, 6.07) is 5.30. The Labute approximate surface area is 116 Å². The number of rotatable bonds is 6. The molecule has 0 amide bonds. The van der Waals surface area contributed by atoms with Crippen molar-refractivity contribution < 1.29 is 13.2 Å². The monoisotopic (exact) mass is 285 g/mol. The molecule has 0 saturated heterocycles. The van der Waals surface area contributed by atoms with Crippen LogP contribution in [0.15, 0.2) is 23.1 Å². The van der Waals surface area contributed by atoms with Crippen molar-refractivity contribution in [3.63, 3.8) is 0 Å². The van der Waals surface area contributed by atoms with E-state index in [0.717, 1.165) is 5.56 Å². The van der Waals surface area contributed by atoms with Gasteiger partial charge in [-0.05, 0) is 23.6 Å². The van der Waals surface area contributed by atoms with Crippen LogP contribution in [-0.2, 0) is 10.0 Å². The Morgan fingerprint density at radius 1 is 1.21 bits per heavy atom. The van der Waals surface area contributed by atoms with Gasteiger partial charge in [-0.2, -0.15) is 4.31 Å². The van der Waals surface area contributed by atoms with Gasteiger partial charge in [0.05, 0.1) is 7.11 Å². The normalized spacial score (nSPS) is 12.2. The summed E-state index contributed by atoms with van der Waals surface area (Å²) < 4.78 is 31.7. The molecule has 0 aromatic heterocycles. The van der Waals surface area contributed by atoms with Crippen molar-refractivity contribution in [1.82, 2.24) is 4.31 Å². The molecule has 108 valence electrons. The first-order valence-corrected chi connectivity index (χ1v) is 8.00. The summed E-state index contributed by atoms with van der Waals surface area (Å²) in [6.45, 7) is 8.69. The van der Waals surface area contributed by atoms with Crippen LogP contribution in [0.2, 0.25) is 0 Å². The molecule has 0 N–H and O–H groups in total. The highest BCUT2D eigenvalue weighted by atomic mass is 32.2. The van der Waals surface area contributed by atoms with Crippen LogP contribution in [0.1, 0.15) is 39.2 Å². The van der Waals surface area contributed by atoms with Crippen LogP contribution in [0, 0.1) is 0 Å². The van der Waals surface area contributed by atoms with Crippen LogP contribution in [0.5, 0.6) is 5.75 Å². The molecular weight excluding hydrogens is 262 g/mol. The van der Waals surface area contributed by atoms with Crippen molar-refractivity contribution in [3.05, 3.63) is 23.8 Å². The molecule has 5 heteroatoms. The van der Waals surface area contributed by atoms with E-state index in [4.69, 9.17) is 4.74 Å². The van der Waals surface area contributed by atoms with Gasteiger partial charge in [0, 0.05) is 13.1 Å². The molecule has 0 saturated carbocycles. The molecule has 1 aromatic rings. The summed E-state index contributed by atoms with van der Waals surface area (Å²) in [7, 11) is -1.98. The summed E-state index contributed by atoms with van der Waals surface area (Å²) in [5.74, 6) is 0.747. The minimum atomic E-state index is -3.48. The van der Waals surface area contributed by atoms with Crippen LogP contribution in [-0.4, -0.2) is 32.9 Å².